The van der Waals surface area contributed by atoms with Gasteiger partial charge in [-0.1, -0.05) is 87.2 Å². The summed E-state index contributed by atoms with van der Waals surface area (Å²) in [7, 11) is 0. The smallest absolute Gasteiger partial charge is 0.209 e. The SMILES string of the molecule is CC.CC(NC=O)c1ccc(-c2c(Cl)cc(F)cc2Cl)cc1.CC1CCCN1C=O.Cc1cc(C(C)C(C)C)on1. The predicted octanol–water partition coefficient (Wildman–Crippen LogP) is 9.00. The van der Waals surface area contributed by atoms with Crippen molar-refractivity contribution in [1.82, 2.24) is 15.4 Å². The quantitative estimate of drug-likeness (QED) is 0.272. The number of nitrogens with zero attached hydrogens (tertiary/aromatic N) is 2. The first-order valence-electron chi connectivity index (χ1n) is 14.1. The molecule has 9 heteroatoms. The van der Waals surface area contributed by atoms with Crippen LogP contribution < -0.4 is 5.32 Å². The Morgan fingerprint density at radius 1 is 1.05 bits per heavy atom. The molecule has 1 aliphatic heterocycles. The first-order chi connectivity index (χ1) is 19.5. The molecule has 2 heterocycles. The van der Waals surface area contributed by atoms with Gasteiger partial charge in [-0.05, 0) is 62.8 Å². The zero-order valence-electron chi connectivity index (χ0n) is 25.4. The van der Waals surface area contributed by atoms with E-state index in [4.69, 9.17) is 27.7 Å². The predicted molar refractivity (Wildman–Crippen MR) is 167 cm³/mol. The standard InChI is InChI=1S/C15H12Cl2FNO.C9H15NO.C6H11NO.C2H6/c1-9(19-8-20)10-2-4-11(5-3-10)15-13(16)6-12(18)7-14(15)17;1-6(2)8(4)9-5-7(3)10-11-9;1-6-3-2-4-7(6)5-8;1-2/h2-9H,1H3,(H,19,20);5-6,8H,1-4H3;5-6H,2-4H2,1H3;1-2H3. The van der Waals surface area contributed by atoms with E-state index in [1.165, 1.54) is 25.0 Å². The Morgan fingerprint density at radius 2 is 1.63 bits per heavy atom. The van der Waals surface area contributed by atoms with Gasteiger partial charge in [0.05, 0.1) is 21.8 Å². The van der Waals surface area contributed by atoms with Crippen LogP contribution in [0.3, 0.4) is 0 Å². The van der Waals surface area contributed by atoms with Crippen LogP contribution in [0.2, 0.25) is 10.0 Å². The van der Waals surface area contributed by atoms with E-state index >= 15 is 0 Å². The topological polar surface area (TPSA) is 75.4 Å². The molecule has 0 aliphatic carbocycles. The lowest BCUT2D eigenvalue weighted by atomic mass is 9.95. The number of rotatable bonds is 7. The Labute approximate surface area is 254 Å². The number of likely N-dealkylation sites (tertiary alicyclic amines) is 1. The fraction of sp³-hybridized carbons (Fsp3) is 0.469. The summed E-state index contributed by atoms with van der Waals surface area (Å²) in [5.41, 5.74) is 3.31. The molecule has 2 amide bonds. The van der Waals surface area contributed by atoms with Gasteiger partial charge in [0, 0.05) is 30.1 Å². The average Bonchev–Trinajstić information content (AvgIpc) is 3.57. The van der Waals surface area contributed by atoms with E-state index in [9.17, 15) is 14.0 Å². The van der Waals surface area contributed by atoms with Crippen LogP contribution in [-0.4, -0.2) is 35.5 Å². The maximum Gasteiger partial charge on any atom is 0.209 e. The van der Waals surface area contributed by atoms with Gasteiger partial charge >= 0.3 is 0 Å². The van der Waals surface area contributed by atoms with Gasteiger partial charge in [0.15, 0.2) is 0 Å². The van der Waals surface area contributed by atoms with Crippen molar-refractivity contribution in [2.24, 2.45) is 5.92 Å². The van der Waals surface area contributed by atoms with Gasteiger partial charge in [-0.3, -0.25) is 9.59 Å². The van der Waals surface area contributed by atoms with Crippen LogP contribution in [-0.2, 0) is 9.59 Å². The fourth-order valence-electron chi connectivity index (χ4n) is 3.99. The van der Waals surface area contributed by atoms with Crippen molar-refractivity contribution in [2.75, 3.05) is 6.54 Å². The van der Waals surface area contributed by atoms with Crippen LogP contribution in [0.1, 0.15) is 90.3 Å². The molecule has 1 aromatic heterocycles. The molecule has 0 saturated carbocycles. The van der Waals surface area contributed by atoms with Crippen LogP contribution in [0.15, 0.2) is 47.0 Å². The van der Waals surface area contributed by atoms with E-state index in [1.54, 1.807) is 0 Å². The first-order valence-corrected chi connectivity index (χ1v) is 14.8. The summed E-state index contributed by atoms with van der Waals surface area (Å²) in [4.78, 5) is 22.4. The Balaban J connectivity index is 0.000000335. The first kappa shape index (κ1) is 36.1. The van der Waals surface area contributed by atoms with Gasteiger partial charge < -0.3 is 14.7 Å². The number of hydrogen-bond donors (Lipinski definition) is 1. The summed E-state index contributed by atoms with van der Waals surface area (Å²) >= 11 is 12.1. The number of carbonyl (C=O) groups excluding carboxylic acids is 2. The summed E-state index contributed by atoms with van der Waals surface area (Å²) in [6.45, 7) is 17.4. The van der Waals surface area contributed by atoms with Crippen LogP contribution in [0, 0.1) is 18.7 Å². The maximum atomic E-state index is 13.2. The molecule has 1 aliphatic rings. The van der Waals surface area contributed by atoms with Crippen molar-refractivity contribution in [1.29, 1.82) is 0 Å². The third-order valence-corrected chi connectivity index (χ3v) is 7.46. The molecule has 226 valence electrons. The Kier molecular flexibility index (Phi) is 16.3. The van der Waals surface area contributed by atoms with Gasteiger partial charge in [0.2, 0.25) is 12.8 Å². The lowest BCUT2D eigenvalue weighted by Crippen LogP contribution is -2.24. The van der Waals surface area contributed by atoms with Gasteiger partial charge in [-0.15, -0.1) is 0 Å². The van der Waals surface area contributed by atoms with Crippen molar-refractivity contribution in [2.45, 2.75) is 86.2 Å². The number of halogens is 3. The summed E-state index contributed by atoms with van der Waals surface area (Å²) in [5.74, 6) is 1.61. The van der Waals surface area contributed by atoms with Crippen molar-refractivity contribution in [3.05, 3.63) is 75.3 Å². The third kappa shape index (κ3) is 11.5. The van der Waals surface area contributed by atoms with Gasteiger partial charge in [-0.2, -0.15) is 0 Å². The van der Waals surface area contributed by atoms with E-state index in [0.717, 1.165) is 35.5 Å². The molecule has 3 unspecified atom stereocenters. The molecule has 6 nitrogen and oxygen atoms in total. The molecule has 1 fully saturated rings. The maximum absolute atomic E-state index is 13.2. The minimum absolute atomic E-state index is 0.0827. The molecule has 1 N–H and O–H groups in total. The number of carbonyl (C=O) groups is 2. The van der Waals surface area contributed by atoms with Crippen LogP contribution in [0.5, 0.6) is 0 Å². The van der Waals surface area contributed by atoms with E-state index < -0.39 is 5.82 Å². The fourth-order valence-corrected chi connectivity index (χ4v) is 4.67. The molecule has 2 aromatic carbocycles. The third-order valence-electron chi connectivity index (χ3n) is 6.86. The summed E-state index contributed by atoms with van der Waals surface area (Å²) < 4.78 is 18.3. The van der Waals surface area contributed by atoms with Gasteiger partial charge in [0.25, 0.3) is 0 Å². The summed E-state index contributed by atoms with van der Waals surface area (Å²) in [5, 5.41) is 7.05. The Morgan fingerprint density at radius 3 is 2.02 bits per heavy atom. The monoisotopic (exact) mass is 607 g/mol. The van der Waals surface area contributed by atoms with E-state index in [1.807, 2.05) is 62.9 Å². The minimum atomic E-state index is -0.468. The van der Waals surface area contributed by atoms with Crippen molar-refractivity contribution < 1.29 is 18.5 Å². The highest BCUT2D eigenvalue weighted by Crippen LogP contribution is 2.36. The van der Waals surface area contributed by atoms with Crippen molar-refractivity contribution >= 4 is 36.0 Å². The number of hydrogen-bond acceptors (Lipinski definition) is 4. The molecule has 0 spiro atoms. The molecule has 0 radical (unpaired) electrons. The molecule has 0 bridgehead atoms. The summed E-state index contributed by atoms with van der Waals surface area (Å²) in [6, 6.07) is 12.3. The average molecular weight is 609 g/mol. The van der Waals surface area contributed by atoms with Crippen LogP contribution >= 0.6 is 23.2 Å². The molecule has 3 aromatic rings. The second-order valence-electron chi connectivity index (χ2n) is 10.1. The number of amides is 2. The highest BCUT2D eigenvalue weighted by molar-refractivity contribution is 6.39. The van der Waals surface area contributed by atoms with E-state index in [-0.39, 0.29) is 16.1 Å². The number of aromatic nitrogens is 1. The minimum Gasteiger partial charge on any atom is -0.361 e. The second kappa shape index (κ2) is 18.5. The van der Waals surface area contributed by atoms with E-state index in [2.05, 4.69) is 38.2 Å². The summed E-state index contributed by atoms with van der Waals surface area (Å²) in [6.07, 6.45) is 3.96. The number of aryl methyl sites for hydroxylation is 1. The Bertz CT molecular complexity index is 1180. The highest BCUT2D eigenvalue weighted by Gasteiger charge is 2.17. The second-order valence-corrected chi connectivity index (χ2v) is 10.9. The lowest BCUT2D eigenvalue weighted by molar-refractivity contribution is -0.118. The van der Waals surface area contributed by atoms with Crippen molar-refractivity contribution in [3.8, 4) is 11.1 Å². The van der Waals surface area contributed by atoms with Gasteiger partial charge in [0.1, 0.15) is 11.6 Å². The Hall–Kier alpha value is -2.90. The molecule has 3 atom stereocenters. The molecular weight excluding hydrogens is 564 g/mol. The number of benzene rings is 2. The van der Waals surface area contributed by atoms with Crippen LogP contribution in [0.25, 0.3) is 11.1 Å². The molecule has 41 heavy (non-hydrogen) atoms. The van der Waals surface area contributed by atoms with E-state index in [0.29, 0.717) is 29.9 Å². The lowest BCUT2D eigenvalue weighted by Gasteiger charge is -2.13. The zero-order valence-corrected chi connectivity index (χ0v) is 26.9. The van der Waals surface area contributed by atoms with Crippen molar-refractivity contribution in [3.63, 3.8) is 0 Å². The largest absolute Gasteiger partial charge is 0.361 e. The zero-order chi connectivity index (χ0) is 31.1. The molecular formula is C32H44Cl2FN3O3. The van der Waals surface area contributed by atoms with Crippen LogP contribution in [0.4, 0.5) is 4.39 Å². The molecule has 4 rings (SSSR count). The molecule has 1 saturated heterocycles. The number of nitrogens with one attached hydrogen (secondary N) is 1. The highest BCUT2D eigenvalue weighted by atomic mass is 35.5. The normalized spacial score (nSPS) is 15.3. The van der Waals surface area contributed by atoms with Gasteiger partial charge in [-0.25, -0.2) is 4.39 Å².